The van der Waals surface area contributed by atoms with Crippen molar-refractivity contribution in [1.29, 1.82) is 0 Å². The summed E-state index contributed by atoms with van der Waals surface area (Å²) in [4.78, 5) is 0. The zero-order chi connectivity index (χ0) is 11.7. The third-order valence-electron chi connectivity index (χ3n) is 2.44. The molecule has 0 aliphatic rings. The van der Waals surface area contributed by atoms with Gasteiger partial charge in [0.2, 0.25) is 0 Å². The van der Waals surface area contributed by atoms with Crippen LogP contribution in [-0.2, 0) is 9.84 Å². The molecule has 0 aliphatic heterocycles. The van der Waals surface area contributed by atoms with Gasteiger partial charge in [0.05, 0.1) is 11.5 Å². The fraction of sp³-hybridized carbons (Fsp3) is 1.00. The monoisotopic (exact) mass is 235 g/mol. The lowest BCUT2D eigenvalue weighted by Crippen LogP contribution is -2.36. The van der Waals surface area contributed by atoms with E-state index in [9.17, 15) is 8.42 Å². The second kappa shape index (κ2) is 8.11. The molecule has 0 saturated carbocycles. The van der Waals surface area contributed by atoms with Gasteiger partial charge in [0.25, 0.3) is 0 Å². The van der Waals surface area contributed by atoms with Crippen LogP contribution in [0.4, 0.5) is 0 Å². The number of sulfone groups is 1. The van der Waals surface area contributed by atoms with E-state index >= 15 is 0 Å². The minimum Gasteiger partial charge on any atom is -0.313 e. The molecule has 0 aromatic rings. The number of hydrogen-bond donors (Lipinski definition) is 1. The summed E-state index contributed by atoms with van der Waals surface area (Å²) < 4.78 is 23.4. The highest BCUT2D eigenvalue weighted by atomic mass is 32.2. The Morgan fingerprint density at radius 2 is 1.80 bits per heavy atom. The quantitative estimate of drug-likeness (QED) is 0.664. The highest BCUT2D eigenvalue weighted by Gasteiger charge is 2.16. The SMILES string of the molecule is CCCCS(=O)(=O)CC(CC)NCCC. The van der Waals surface area contributed by atoms with Gasteiger partial charge < -0.3 is 5.32 Å². The summed E-state index contributed by atoms with van der Waals surface area (Å²) in [5, 5.41) is 3.27. The Balaban J connectivity index is 4.03. The molecular weight excluding hydrogens is 210 g/mol. The van der Waals surface area contributed by atoms with E-state index in [1.807, 2.05) is 13.8 Å². The summed E-state index contributed by atoms with van der Waals surface area (Å²) in [6.07, 6.45) is 3.65. The van der Waals surface area contributed by atoms with E-state index in [4.69, 9.17) is 0 Å². The summed E-state index contributed by atoms with van der Waals surface area (Å²) in [6, 6.07) is 0.131. The van der Waals surface area contributed by atoms with Crippen molar-refractivity contribution in [3.05, 3.63) is 0 Å². The van der Waals surface area contributed by atoms with Gasteiger partial charge in [-0.25, -0.2) is 8.42 Å². The molecule has 0 aliphatic carbocycles. The van der Waals surface area contributed by atoms with Gasteiger partial charge in [-0.3, -0.25) is 0 Å². The minimum atomic E-state index is -2.85. The molecule has 92 valence electrons. The van der Waals surface area contributed by atoms with E-state index in [0.29, 0.717) is 11.5 Å². The first-order chi connectivity index (χ1) is 7.05. The summed E-state index contributed by atoms with van der Waals surface area (Å²) in [5.41, 5.74) is 0. The van der Waals surface area contributed by atoms with Crippen LogP contribution in [0.25, 0.3) is 0 Å². The maximum absolute atomic E-state index is 11.7. The Morgan fingerprint density at radius 1 is 1.13 bits per heavy atom. The van der Waals surface area contributed by atoms with E-state index in [0.717, 1.165) is 32.2 Å². The average Bonchev–Trinajstić information content (AvgIpc) is 2.21. The number of rotatable bonds is 9. The van der Waals surface area contributed by atoms with Gasteiger partial charge in [-0.15, -0.1) is 0 Å². The molecule has 0 amide bonds. The van der Waals surface area contributed by atoms with E-state index in [1.54, 1.807) is 0 Å². The molecular formula is C11H25NO2S. The van der Waals surface area contributed by atoms with Gasteiger partial charge in [-0.1, -0.05) is 27.2 Å². The number of unbranched alkanes of at least 4 members (excludes halogenated alkanes) is 1. The van der Waals surface area contributed by atoms with Gasteiger partial charge in [0, 0.05) is 6.04 Å². The third-order valence-corrected chi connectivity index (χ3v) is 4.26. The van der Waals surface area contributed by atoms with Crippen molar-refractivity contribution >= 4 is 9.84 Å². The molecule has 0 aromatic carbocycles. The first kappa shape index (κ1) is 14.9. The molecule has 0 saturated heterocycles. The number of nitrogens with one attached hydrogen (secondary N) is 1. The van der Waals surface area contributed by atoms with Gasteiger partial charge >= 0.3 is 0 Å². The third kappa shape index (κ3) is 7.79. The highest BCUT2D eigenvalue weighted by molar-refractivity contribution is 7.91. The zero-order valence-electron chi connectivity index (χ0n) is 10.3. The van der Waals surface area contributed by atoms with Crippen LogP contribution in [-0.4, -0.2) is 32.5 Å². The van der Waals surface area contributed by atoms with Crippen molar-refractivity contribution in [3.63, 3.8) is 0 Å². The van der Waals surface area contributed by atoms with Crippen molar-refractivity contribution in [2.24, 2.45) is 0 Å². The molecule has 4 heteroatoms. The van der Waals surface area contributed by atoms with Crippen LogP contribution < -0.4 is 5.32 Å². The van der Waals surface area contributed by atoms with Gasteiger partial charge in [0.15, 0.2) is 9.84 Å². The van der Waals surface area contributed by atoms with Crippen molar-refractivity contribution in [2.75, 3.05) is 18.1 Å². The first-order valence-electron chi connectivity index (χ1n) is 5.99. The smallest absolute Gasteiger partial charge is 0.151 e. The van der Waals surface area contributed by atoms with Crippen LogP contribution in [0.3, 0.4) is 0 Å². The summed E-state index contributed by atoms with van der Waals surface area (Å²) >= 11 is 0. The molecule has 0 aromatic heterocycles. The first-order valence-corrected chi connectivity index (χ1v) is 7.81. The predicted octanol–water partition coefficient (Wildman–Crippen LogP) is 1.98. The molecule has 1 atom stereocenters. The molecule has 0 radical (unpaired) electrons. The molecule has 3 nitrogen and oxygen atoms in total. The molecule has 0 spiro atoms. The Hall–Kier alpha value is -0.0900. The molecule has 0 bridgehead atoms. The topological polar surface area (TPSA) is 46.2 Å². The van der Waals surface area contributed by atoms with E-state index in [-0.39, 0.29) is 6.04 Å². The van der Waals surface area contributed by atoms with Crippen LogP contribution in [0.2, 0.25) is 0 Å². The molecule has 15 heavy (non-hydrogen) atoms. The molecule has 0 fully saturated rings. The maximum atomic E-state index is 11.7. The predicted molar refractivity (Wildman–Crippen MR) is 65.9 cm³/mol. The van der Waals surface area contributed by atoms with Crippen LogP contribution in [0.15, 0.2) is 0 Å². The Kier molecular flexibility index (Phi) is 8.06. The average molecular weight is 235 g/mol. The maximum Gasteiger partial charge on any atom is 0.151 e. The zero-order valence-corrected chi connectivity index (χ0v) is 11.1. The fourth-order valence-electron chi connectivity index (χ4n) is 1.42. The lowest BCUT2D eigenvalue weighted by Gasteiger charge is -2.16. The van der Waals surface area contributed by atoms with Crippen LogP contribution >= 0.6 is 0 Å². The highest BCUT2D eigenvalue weighted by Crippen LogP contribution is 2.02. The number of hydrogen-bond acceptors (Lipinski definition) is 3. The largest absolute Gasteiger partial charge is 0.313 e. The second-order valence-electron chi connectivity index (χ2n) is 4.03. The molecule has 0 heterocycles. The Bertz CT molecular complexity index is 237. The Labute approximate surface area is 94.6 Å². The minimum absolute atomic E-state index is 0.131. The van der Waals surface area contributed by atoms with Gasteiger partial charge in [-0.05, 0) is 25.8 Å². The van der Waals surface area contributed by atoms with Crippen molar-refractivity contribution in [2.45, 2.75) is 52.5 Å². The Morgan fingerprint density at radius 3 is 2.27 bits per heavy atom. The lowest BCUT2D eigenvalue weighted by molar-refractivity contribution is 0.519. The molecule has 1 unspecified atom stereocenters. The van der Waals surface area contributed by atoms with Crippen molar-refractivity contribution < 1.29 is 8.42 Å². The van der Waals surface area contributed by atoms with Crippen molar-refractivity contribution in [1.82, 2.24) is 5.32 Å². The normalized spacial score (nSPS) is 14.1. The summed E-state index contributed by atoms with van der Waals surface area (Å²) in [5.74, 6) is 0.636. The van der Waals surface area contributed by atoms with E-state index < -0.39 is 9.84 Å². The lowest BCUT2D eigenvalue weighted by atomic mass is 10.2. The summed E-state index contributed by atoms with van der Waals surface area (Å²) in [6.45, 7) is 7.04. The van der Waals surface area contributed by atoms with Crippen LogP contribution in [0.1, 0.15) is 46.5 Å². The van der Waals surface area contributed by atoms with Gasteiger partial charge in [-0.2, -0.15) is 0 Å². The van der Waals surface area contributed by atoms with Gasteiger partial charge in [0.1, 0.15) is 0 Å². The van der Waals surface area contributed by atoms with Crippen molar-refractivity contribution in [3.8, 4) is 0 Å². The molecule has 0 rings (SSSR count). The van der Waals surface area contributed by atoms with Crippen LogP contribution in [0.5, 0.6) is 0 Å². The second-order valence-corrected chi connectivity index (χ2v) is 6.26. The van der Waals surface area contributed by atoms with Crippen LogP contribution in [0, 0.1) is 0 Å². The summed E-state index contributed by atoms with van der Waals surface area (Å²) in [7, 11) is -2.85. The molecule has 1 N–H and O–H groups in total. The fourth-order valence-corrected chi connectivity index (χ4v) is 3.29. The van der Waals surface area contributed by atoms with E-state index in [1.165, 1.54) is 0 Å². The van der Waals surface area contributed by atoms with E-state index in [2.05, 4.69) is 12.2 Å². The standard InChI is InChI=1S/C11H25NO2S/c1-4-7-9-15(13,14)10-11(6-3)12-8-5-2/h11-12H,4-10H2,1-3H3.